The summed E-state index contributed by atoms with van der Waals surface area (Å²) in [5.41, 5.74) is 5.51. The fourth-order valence-corrected chi connectivity index (χ4v) is 2.37. The molecule has 0 aromatic carbocycles. The molecule has 3 N–H and O–H groups in total. The Morgan fingerprint density at radius 2 is 2.11 bits per heavy atom. The number of hydrogen-bond donors (Lipinski definition) is 2. The molecule has 2 heterocycles. The average molecular weight is 284 g/mol. The second-order valence-electron chi connectivity index (χ2n) is 4.69. The van der Waals surface area contributed by atoms with Crippen LogP contribution in [-0.4, -0.2) is 39.9 Å². The van der Waals surface area contributed by atoms with E-state index < -0.39 is 0 Å². The first-order chi connectivity index (χ1) is 9.06. The Morgan fingerprint density at radius 3 is 2.74 bits per heavy atom. The molecule has 0 spiro atoms. The average Bonchev–Trinajstić information content (AvgIpc) is 2.37. The molecule has 19 heavy (non-hydrogen) atoms. The highest BCUT2D eigenvalue weighted by Gasteiger charge is 2.22. The van der Waals surface area contributed by atoms with Crippen molar-refractivity contribution in [1.82, 2.24) is 14.9 Å². The number of aromatic nitrogens is 2. The molecule has 1 atom stereocenters. The second-order valence-corrected chi connectivity index (χ2v) is 5.07. The summed E-state index contributed by atoms with van der Waals surface area (Å²) in [6, 6.07) is 1.20. The van der Waals surface area contributed by atoms with Gasteiger partial charge < -0.3 is 16.0 Å². The first-order valence-electron chi connectivity index (χ1n) is 6.41. The quantitative estimate of drug-likeness (QED) is 0.822. The van der Waals surface area contributed by atoms with E-state index in [4.69, 9.17) is 17.3 Å². The van der Waals surface area contributed by atoms with Gasteiger partial charge in [0.05, 0.1) is 0 Å². The molecule has 1 aliphatic rings. The number of rotatable bonds is 3. The number of anilines is 2. The molecule has 0 saturated carbocycles. The Balaban J connectivity index is 1.99. The van der Waals surface area contributed by atoms with Crippen LogP contribution < -0.4 is 11.1 Å². The Labute approximate surface area is 117 Å². The summed E-state index contributed by atoms with van der Waals surface area (Å²) >= 11 is 5.80. The summed E-state index contributed by atoms with van der Waals surface area (Å²) in [5, 5.41) is 3.27. The van der Waals surface area contributed by atoms with Crippen LogP contribution in [0.1, 0.15) is 26.2 Å². The van der Waals surface area contributed by atoms with E-state index in [0.717, 1.165) is 25.9 Å². The summed E-state index contributed by atoms with van der Waals surface area (Å²) < 4.78 is 0. The molecular weight excluding hydrogens is 266 g/mol. The number of carbonyl (C=O) groups excluding carboxylic acids is 1. The van der Waals surface area contributed by atoms with Gasteiger partial charge in [0.1, 0.15) is 17.0 Å². The molecule has 2 rings (SSSR count). The molecule has 1 unspecified atom stereocenters. The molecule has 1 amide bonds. The molecule has 1 aliphatic heterocycles. The van der Waals surface area contributed by atoms with E-state index in [1.807, 2.05) is 11.8 Å². The van der Waals surface area contributed by atoms with Gasteiger partial charge in [0.15, 0.2) is 0 Å². The monoisotopic (exact) mass is 283 g/mol. The third kappa shape index (κ3) is 3.70. The minimum atomic E-state index is -0.358. The minimum absolute atomic E-state index is 0.0769. The predicted octanol–water partition coefficient (Wildman–Crippen LogP) is 1.53. The third-order valence-corrected chi connectivity index (χ3v) is 3.31. The molecule has 1 saturated heterocycles. The van der Waals surface area contributed by atoms with Crippen molar-refractivity contribution >= 4 is 29.3 Å². The predicted molar refractivity (Wildman–Crippen MR) is 75.0 cm³/mol. The van der Waals surface area contributed by atoms with Crippen molar-refractivity contribution < 1.29 is 4.79 Å². The van der Waals surface area contributed by atoms with Crippen LogP contribution in [0.3, 0.4) is 0 Å². The van der Waals surface area contributed by atoms with Gasteiger partial charge in [-0.25, -0.2) is 4.98 Å². The number of nitrogens with one attached hydrogen (secondary N) is 1. The number of halogens is 1. The maximum absolute atomic E-state index is 12.2. The van der Waals surface area contributed by atoms with Gasteiger partial charge in [0.2, 0.25) is 11.9 Å². The van der Waals surface area contributed by atoms with Gasteiger partial charge in [-0.15, -0.1) is 0 Å². The largest absolute Gasteiger partial charge is 0.368 e. The fraction of sp³-hybridized carbons (Fsp3) is 0.583. The van der Waals surface area contributed by atoms with E-state index in [2.05, 4.69) is 15.3 Å². The molecule has 1 aromatic rings. The highest BCUT2D eigenvalue weighted by atomic mass is 35.5. The SMILES string of the molecule is CC(Nc1cc(Cl)nc(N)n1)C(=O)N1CCCCC1. The summed E-state index contributed by atoms with van der Waals surface area (Å²) in [6.45, 7) is 3.47. The van der Waals surface area contributed by atoms with Crippen LogP contribution in [0, 0.1) is 0 Å². The molecule has 0 bridgehead atoms. The van der Waals surface area contributed by atoms with Gasteiger partial charge in [0.25, 0.3) is 0 Å². The molecule has 1 aromatic heterocycles. The minimum Gasteiger partial charge on any atom is -0.368 e. The summed E-state index contributed by atoms with van der Waals surface area (Å²) in [5.74, 6) is 0.635. The van der Waals surface area contributed by atoms with E-state index in [9.17, 15) is 4.79 Å². The van der Waals surface area contributed by atoms with Crippen LogP contribution in [0.15, 0.2) is 6.07 Å². The molecule has 0 radical (unpaired) electrons. The Morgan fingerprint density at radius 1 is 1.42 bits per heavy atom. The highest BCUT2D eigenvalue weighted by molar-refractivity contribution is 6.29. The fourth-order valence-electron chi connectivity index (χ4n) is 2.18. The van der Waals surface area contributed by atoms with Crippen molar-refractivity contribution in [3.63, 3.8) is 0 Å². The van der Waals surface area contributed by atoms with E-state index in [1.54, 1.807) is 6.07 Å². The molecule has 1 fully saturated rings. The third-order valence-electron chi connectivity index (χ3n) is 3.11. The van der Waals surface area contributed by atoms with E-state index in [0.29, 0.717) is 5.82 Å². The van der Waals surface area contributed by atoms with Crippen LogP contribution in [0.2, 0.25) is 5.15 Å². The number of hydrogen-bond acceptors (Lipinski definition) is 5. The molecule has 0 aliphatic carbocycles. The van der Waals surface area contributed by atoms with Crippen LogP contribution >= 0.6 is 11.6 Å². The smallest absolute Gasteiger partial charge is 0.244 e. The molecule has 7 heteroatoms. The van der Waals surface area contributed by atoms with Crippen molar-refractivity contribution in [3.8, 4) is 0 Å². The van der Waals surface area contributed by atoms with Crippen molar-refractivity contribution in [1.29, 1.82) is 0 Å². The molecule has 6 nitrogen and oxygen atoms in total. The number of piperidine rings is 1. The van der Waals surface area contributed by atoms with E-state index in [-0.39, 0.29) is 23.1 Å². The summed E-state index contributed by atoms with van der Waals surface area (Å²) in [7, 11) is 0. The van der Waals surface area contributed by atoms with Crippen molar-refractivity contribution in [2.75, 3.05) is 24.1 Å². The van der Waals surface area contributed by atoms with Crippen LogP contribution in [0.4, 0.5) is 11.8 Å². The number of likely N-dealkylation sites (tertiary alicyclic amines) is 1. The lowest BCUT2D eigenvalue weighted by Crippen LogP contribution is -2.44. The maximum atomic E-state index is 12.2. The zero-order chi connectivity index (χ0) is 13.8. The molecular formula is C12H18ClN5O. The van der Waals surface area contributed by atoms with Gasteiger partial charge >= 0.3 is 0 Å². The van der Waals surface area contributed by atoms with Crippen molar-refractivity contribution in [2.24, 2.45) is 0 Å². The second kappa shape index (κ2) is 6.06. The lowest BCUT2D eigenvalue weighted by atomic mass is 10.1. The van der Waals surface area contributed by atoms with Crippen LogP contribution in [0.5, 0.6) is 0 Å². The normalized spacial score (nSPS) is 17.1. The van der Waals surface area contributed by atoms with Gasteiger partial charge in [-0.2, -0.15) is 4.98 Å². The summed E-state index contributed by atoms with van der Waals surface area (Å²) in [4.78, 5) is 21.9. The topological polar surface area (TPSA) is 84.1 Å². The zero-order valence-electron chi connectivity index (χ0n) is 10.9. The van der Waals surface area contributed by atoms with E-state index >= 15 is 0 Å². The first-order valence-corrected chi connectivity index (χ1v) is 6.79. The zero-order valence-corrected chi connectivity index (χ0v) is 11.7. The Hall–Kier alpha value is -1.56. The van der Waals surface area contributed by atoms with Crippen LogP contribution in [0.25, 0.3) is 0 Å². The summed E-state index contributed by atoms with van der Waals surface area (Å²) in [6.07, 6.45) is 3.35. The standard InChI is InChI=1S/C12H18ClN5O/c1-8(11(19)18-5-3-2-4-6-18)15-10-7-9(13)16-12(14)17-10/h7-8H,2-6H2,1H3,(H3,14,15,16,17). The van der Waals surface area contributed by atoms with Gasteiger partial charge in [-0.05, 0) is 26.2 Å². The maximum Gasteiger partial charge on any atom is 0.244 e. The van der Waals surface area contributed by atoms with Gasteiger partial charge in [0, 0.05) is 19.2 Å². The number of carbonyl (C=O) groups is 1. The lowest BCUT2D eigenvalue weighted by molar-refractivity contribution is -0.132. The number of nitrogens with two attached hydrogens (primary N) is 1. The number of nitrogens with zero attached hydrogens (tertiary/aromatic N) is 3. The Kier molecular flexibility index (Phi) is 4.42. The van der Waals surface area contributed by atoms with E-state index in [1.165, 1.54) is 6.42 Å². The van der Waals surface area contributed by atoms with Crippen LogP contribution in [-0.2, 0) is 4.79 Å². The number of nitrogen functional groups attached to an aromatic ring is 1. The first kappa shape index (κ1) is 13.9. The van der Waals surface area contributed by atoms with Gasteiger partial charge in [-0.1, -0.05) is 11.6 Å². The number of amides is 1. The molecule has 104 valence electrons. The van der Waals surface area contributed by atoms with Crippen molar-refractivity contribution in [3.05, 3.63) is 11.2 Å². The lowest BCUT2D eigenvalue weighted by Gasteiger charge is -2.29. The van der Waals surface area contributed by atoms with Crippen molar-refractivity contribution in [2.45, 2.75) is 32.2 Å². The van der Waals surface area contributed by atoms with Gasteiger partial charge in [-0.3, -0.25) is 4.79 Å². The highest BCUT2D eigenvalue weighted by Crippen LogP contribution is 2.15. The Bertz CT molecular complexity index is 441.